The number of aryl methyl sites for hydroxylation is 2. The van der Waals surface area contributed by atoms with Crippen molar-refractivity contribution in [1.82, 2.24) is 18.6 Å². The van der Waals surface area contributed by atoms with Gasteiger partial charge in [0, 0.05) is 0 Å². The molecule has 0 spiro atoms. The lowest BCUT2D eigenvalue weighted by Gasteiger charge is -1.97. The molecule has 0 amide bonds. The van der Waals surface area contributed by atoms with Crippen LogP contribution in [0.25, 0.3) is 22.1 Å². The number of benzene rings is 1. The van der Waals surface area contributed by atoms with E-state index in [0.717, 1.165) is 33.7 Å². The van der Waals surface area contributed by atoms with Gasteiger partial charge in [-0.2, -0.15) is 0 Å². The largest absolute Gasteiger partial charge is 0.312 e. The van der Waals surface area contributed by atoms with Crippen molar-refractivity contribution in [3.05, 3.63) is 23.8 Å². The first-order valence-corrected chi connectivity index (χ1v) is 5.99. The highest BCUT2D eigenvalue weighted by Crippen LogP contribution is 2.26. The molecule has 0 aliphatic rings. The van der Waals surface area contributed by atoms with E-state index in [1.807, 2.05) is 22.5 Å². The summed E-state index contributed by atoms with van der Waals surface area (Å²) in [5, 5.41) is 0. The molecule has 0 bridgehead atoms. The first kappa shape index (κ1) is 10.2. The van der Waals surface area contributed by atoms with Crippen molar-refractivity contribution in [2.24, 2.45) is 0 Å². The second-order valence-corrected chi connectivity index (χ2v) is 4.92. The van der Waals surface area contributed by atoms with Gasteiger partial charge in [0.15, 0.2) is 0 Å². The van der Waals surface area contributed by atoms with Crippen LogP contribution in [0.4, 0.5) is 0 Å². The standard InChI is InChI=1S/C10H12N4P2/c1-5-11-7-3-10-8(4-9(7)13(5)15)12-6(2)14(10)16/h3-4H,15-16H2,1-2H3. The molecule has 2 atom stereocenters. The molecule has 3 aromatic rings. The minimum atomic E-state index is 0.986. The van der Waals surface area contributed by atoms with Crippen molar-refractivity contribution in [2.45, 2.75) is 13.8 Å². The van der Waals surface area contributed by atoms with Crippen LogP contribution in [-0.4, -0.2) is 18.6 Å². The Hall–Kier alpha value is -0.980. The summed E-state index contributed by atoms with van der Waals surface area (Å²) in [4.78, 5) is 9.01. The molecule has 0 saturated heterocycles. The number of hydrogen-bond acceptors (Lipinski definition) is 2. The second-order valence-electron chi connectivity index (χ2n) is 3.89. The van der Waals surface area contributed by atoms with Crippen molar-refractivity contribution in [1.29, 1.82) is 0 Å². The summed E-state index contributed by atoms with van der Waals surface area (Å²) in [6.07, 6.45) is 0. The number of aromatic nitrogens is 4. The highest BCUT2D eigenvalue weighted by atomic mass is 31.0. The number of nitrogens with zero attached hydrogens (tertiary/aromatic N) is 4. The fourth-order valence-corrected chi connectivity index (χ4v) is 2.45. The van der Waals surface area contributed by atoms with Gasteiger partial charge in [0.2, 0.25) is 0 Å². The van der Waals surface area contributed by atoms with Gasteiger partial charge in [0.05, 0.1) is 22.1 Å². The van der Waals surface area contributed by atoms with Crippen LogP contribution in [0.15, 0.2) is 12.1 Å². The average Bonchev–Trinajstić information content (AvgIpc) is 2.67. The molecule has 3 rings (SSSR count). The van der Waals surface area contributed by atoms with Crippen molar-refractivity contribution in [3.8, 4) is 0 Å². The third kappa shape index (κ3) is 1.24. The van der Waals surface area contributed by atoms with Gasteiger partial charge in [-0.25, -0.2) is 9.97 Å². The number of imidazole rings is 2. The van der Waals surface area contributed by atoms with E-state index in [9.17, 15) is 0 Å². The third-order valence-electron chi connectivity index (χ3n) is 2.85. The molecule has 0 radical (unpaired) electrons. The molecule has 2 heterocycles. The maximum absolute atomic E-state index is 4.50. The molecular weight excluding hydrogens is 238 g/mol. The van der Waals surface area contributed by atoms with Crippen LogP contribution in [0.5, 0.6) is 0 Å². The van der Waals surface area contributed by atoms with E-state index in [1.165, 1.54) is 0 Å². The molecule has 6 heteroatoms. The Balaban J connectivity index is 2.52. The molecule has 2 aromatic heterocycles. The molecule has 16 heavy (non-hydrogen) atoms. The van der Waals surface area contributed by atoms with Crippen LogP contribution in [0.1, 0.15) is 11.6 Å². The maximum atomic E-state index is 4.50. The normalized spacial score (nSPS) is 11.8. The lowest BCUT2D eigenvalue weighted by Crippen LogP contribution is -1.82. The van der Waals surface area contributed by atoms with E-state index in [2.05, 4.69) is 40.9 Å². The Morgan fingerprint density at radius 3 is 1.62 bits per heavy atom. The van der Waals surface area contributed by atoms with Gasteiger partial charge in [0.25, 0.3) is 0 Å². The molecule has 0 saturated carbocycles. The predicted octanol–water partition coefficient (Wildman–Crippen LogP) is 2.28. The van der Waals surface area contributed by atoms with Gasteiger partial charge in [-0.05, 0) is 44.8 Å². The van der Waals surface area contributed by atoms with E-state index in [1.54, 1.807) is 0 Å². The van der Waals surface area contributed by atoms with Crippen LogP contribution < -0.4 is 0 Å². The SMILES string of the molecule is Cc1nc2cc3c(cc2n1P)nc(C)n3P. The molecule has 82 valence electrons. The average molecular weight is 250 g/mol. The smallest absolute Gasteiger partial charge is 0.109 e. The Morgan fingerprint density at radius 2 is 1.25 bits per heavy atom. The number of hydrogen-bond donors (Lipinski definition) is 0. The summed E-state index contributed by atoms with van der Waals surface area (Å²) in [6, 6.07) is 4.15. The first-order chi connectivity index (χ1) is 7.58. The van der Waals surface area contributed by atoms with Gasteiger partial charge in [0.1, 0.15) is 11.6 Å². The van der Waals surface area contributed by atoms with E-state index in [0.29, 0.717) is 0 Å². The molecular formula is C10H12N4P2. The zero-order valence-corrected chi connectivity index (χ0v) is 11.4. The van der Waals surface area contributed by atoms with E-state index < -0.39 is 0 Å². The van der Waals surface area contributed by atoms with Crippen LogP contribution in [0.3, 0.4) is 0 Å². The minimum absolute atomic E-state index is 0.986. The molecule has 2 unspecified atom stereocenters. The van der Waals surface area contributed by atoms with E-state index in [4.69, 9.17) is 0 Å². The third-order valence-corrected chi connectivity index (χ3v) is 4.16. The quantitative estimate of drug-likeness (QED) is 0.574. The molecule has 0 aliphatic carbocycles. The summed E-state index contributed by atoms with van der Waals surface area (Å²) < 4.78 is 4.01. The summed E-state index contributed by atoms with van der Waals surface area (Å²) in [7, 11) is 5.34. The minimum Gasteiger partial charge on any atom is -0.312 e. The molecule has 0 fully saturated rings. The van der Waals surface area contributed by atoms with Gasteiger partial charge in [-0.1, -0.05) is 0 Å². The van der Waals surface area contributed by atoms with Crippen LogP contribution in [0.2, 0.25) is 0 Å². The highest BCUT2D eigenvalue weighted by Gasteiger charge is 2.10. The van der Waals surface area contributed by atoms with Crippen LogP contribution in [-0.2, 0) is 0 Å². The zero-order valence-electron chi connectivity index (χ0n) is 9.10. The van der Waals surface area contributed by atoms with Crippen LogP contribution in [0, 0.1) is 13.8 Å². The first-order valence-electron chi connectivity index (χ1n) is 4.96. The fourth-order valence-electron chi connectivity index (χ4n) is 1.92. The lowest BCUT2D eigenvalue weighted by molar-refractivity contribution is 1.11. The Kier molecular flexibility index (Phi) is 2.07. The second kappa shape index (κ2) is 3.26. The van der Waals surface area contributed by atoms with E-state index in [-0.39, 0.29) is 0 Å². The summed E-state index contributed by atoms with van der Waals surface area (Å²) in [5.41, 5.74) is 4.20. The van der Waals surface area contributed by atoms with Crippen LogP contribution >= 0.6 is 18.8 Å². The van der Waals surface area contributed by atoms with Crippen molar-refractivity contribution in [3.63, 3.8) is 0 Å². The zero-order chi connectivity index (χ0) is 11.4. The van der Waals surface area contributed by atoms with Crippen molar-refractivity contribution >= 4 is 40.8 Å². The molecule has 0 aliphatic heterocycles. The monoisotopic (exact) mass is 250 g/mol. The van der Waals surface area contributed by atoms with Gasteiger partial charge >= 0.3 is 0 Å². The van der Waals surface area contributed by atoms with Crippen molar-refractivity contribution in [2.75, 3.05) is 0 Å². The summed E-state index contributed by atoms with van der Waals surface area (Å²) >= 11 is 0. The molecule has 1 aromatic carbocycles. The van der Waals surface area contributed by atoms with Gasteiger partial charge in [-0.15, -0.1) is 0 Å². The predicted molar refractivity (Wildman–Crippen MR) is 72.7 cm³/mol. The summed E-state index contributed by atoms with van der Waals surface area (Å²) in [6.45, 7) is 3.98. The molecule has 4 nitrogen and oxygen atoms in total. The Labute approximate surface area is 97.6 Å². The topological polar surface area (TPSA) is 35.6 Å². The summed E-state index contributed by atoms with van der Waals surface area (Å²) in [5.74, 6) is 1.97. The number of rotatable bonds is 0. The Bertz CT molecular complexity index is 648. The highest BCUT2D eigenvalue weighted by molar-refractivity contribution is 7.15. The van der Waals surface area contributed by atoms with E-state index >= 15 is 0 Å². The maximum Gasteiger partial charge on any atom is 0.109 e. The lowest BCUT2D eigenvalue weighted by atomic mass is 10.3. The Morgan fingerprint density at radius 1 is 0.875 bits per heavy atom. The van der Waals surface area contributed by atoms with Gasteiger partial charge < -0.3 is 8.68 Å². The fraction of sp³-hybridized carbons (Fsp3) is 0.200. The van der Waals surface area contributed by atoms with Crippen molar-refractivity contribution < 1.29 is 0 Å². The molecule has 0 N–H and O–H groups in total. The number of fused-ring (bicyclic) bond motifs is 2. The van der Waals surface area contributed by atoms with Gasteiger partial charge in [-0.3, -0.25) is 0 Å².